The van der Waals surface area contributed by atoms with Gasteiger partial charge in [0, 0.05) is 43.1 Å². The van der Waals surface area contributed by atoms with Crippen molar-refractivity contribution < 1.29 is 9.59 Å². The number of carbonyl (C=O) groups excluding carboxylic acids is 2. The third-order valence-electron chi connectivity index (χ3n) is 5.99. The van der Waals surface area contributed by atoms with Crippen molar-refractivity contribution in [1.82, 2.24) is 4.90 Å². The predicted octanol–water partition coefficient (Wildman–Crippen LogP) is 5.17. The average Bonchev–Trinajstić information content (AvgIpc) is 3.34. The Hall–Kier alpha value is -3.34. The van der Waals surface area contributed by atoms with E-state index in [1.807, 2.05) is 79.4 Å². The number of fused-ring (bicyclic) bond motifs is 1. The summed E-state index contributed by atoms with van der Waals surface area (Å²) in [6.07, 6.45) is 2.28. The van der Waals surface area contributed by atoms with Crippen molar-refractivity contribution in [3.8, 4) is 0 Å². The molecule has 0 unspecified atom stereocenters. The van der Waals surface area contributed by atoms with E-state index in [2.05, 4.69) is 10.2 Å². The van der Waals surface area contributed by atoms with Crippen LogP contribution in [0.15, 0.2) is 60.7 Å². The highest BCUT2D eigenvalue weighted by molar-refractivity contribution is 6.08. The lowest BCUT2D eigenvalue weighted by atomic mass is 10.1. The van der Waals surface area contributed by atoms with Gasteiger partial charge in [-0.1, -0.05) is 30.3 Å². The molecule has 160 valence electrons. The van der Waals surface area contributed by atoms with Crippen molar-refractivity contribution in [2.75, 3.05) is 36.4 Å². The number of nitrogens with one attached hydrogen (secondary N) is 1. The standard InChI is InChI=1S/C26H29N3O2/c1-3-28(4-2)26(31)23-18-22(13-14-24(23)29-15-7-8-16-29)27-25(30)21-12-11-19-9-5-6-10-20(19)17-21/h5-6,9-14,17-18H,3-4,7-8,15-16H2,1-2H3,(H,27,30). The minimum atomic E-state index is -0.180. The maximum absolute atomic E-state index is 13.2. The first-order valence-electron chi connectivity index (χ1n) is 11.1. The molecule has 4 rings (SSSR count). The minimum Gasteiger partial charge on any atom is -0.371 e. The van der Waals surface area contributed by atoms with Crippen molar-refractivity contribution in [1.29, 1.82) is 0 Å². The quantitative estimate of drug-likeness (QED) is 0.604. The highest BCUT2D eigenvalue weighted by atomic mass is 16.2. The molecule has 1 saturated heterocycles. The van der Waals surface area contributed by atoms with Crippen LogP contribution in [0.1, 0.15) is 47.4 Å². The zero-order chi connectivity index (χ0) is 21.8. The highest BCUT2D eigenvalue weighted by Gasteiger charge is 2.23. The van der Waals surface area contributed by atoms with Gasteiger partial charge in [-0.15, -0.1) is 0 Å². The molecule has 1 N–H and O–H groups in total. The fourth-order valence-electron chi connectivity index (χ4n) is 4.23. The molecule has 0 radical (unpaired) electrons. The Balaban J connectivity index is 1.63. The molecule has 5 heteroatoms. The van der Waals surface area contributed by atoms with Crippen LogP contribution >= 0.6 is 0 Å². The fraction of sp³-hybridized carbons (Fsp3) is 0.308. The fourth-order valence-corrected chi connectivity index (χ4v) is 4.23. The number of nitrogens with zero attached hydrogens (tertiary/aromatic N) is 2. The Kier molecular flexibility index (Phi) is 6.21. The van der Waals surface area contributed by atoms with E-state index < -0.39 is 0 Å². The van der Waals surface area contributed by atoms with Crippen LogP contribution in [0.2, 0.25) is 0 Å². The van der Waals surface area contributed by atoms with Crippen LogP contribution in [0, 0.1) is 0 Å². The van der Waals surface area contributed by atoms with Crippen molar-refractivity contribution in [3.63, 3.8) is 0 Å². The van der Waals surface area contributed by atoms with Crippen LogP contribution in [-0.2, 0) is 0 Å². The monoisotopic (exact) mass is 415 g/mol. The summed E-state index contributed by atoms with van der Waals surface area (Å²) in [7, 11) is 0. The van der Waals surface area contributed by atoms with E-state index in [-0.39, 0.29) is 11.8 Å². The van der Waals surface area contributed by atoms with Crippen LogP contribution in [0.3, 0.4) is 0 Å². The SMILES string of the molecule is CCN(CC)C(=O)c1cc(NC(=O)c2ccc3ccccc3c2)ccc1N1CCCC1. The number of hydrogen-bond acceptors (Lipinski definition) is 3. The topological polar surface area (TPSA) is 52.7 Å². The van der Waals surface area contributed by atoms with E-state index in [0.717, 1.165) is 42.4 Å². The molecule has 0 atom stereocenters. The van der Waals surface area contributed by atoms with E-state index in [9.17, 15) is 9.59 Å². The summed E-state index contributed by atoms with van der Waals surface area (Å²) in [4.78, 5) is 30.2. The molecule has 0 aromatic heterocycles. The molecule has 0 saturated carbocycles. The van der Waals surface area contributed by atoms with Crippen molar-refractivity contribution in [3.05, 3.63) is 71.8 Å². The lowest BCUT2D eigenvalue weighted by Crippen LogP contribution is -2.32. The number of amides is 2. The maximum atomic E-state index is 13.2. The predicted molar refractivity (Wildman–Crippen MR) is 127 cm³/mol. The summed E-state index contributed by atoms with van der Waals surface area (Å²) >= 11 is 0. The summed E-state index contributed by atoms with van der Waals surface area (Å²) < 4.78 is 0. The first-order chi connectivity index (χ1) is 15.1. The van der Waals surface area contributed by atoms with Gasteiger partial charge in [0.05, 0.1) is 5.56 Å². The molecule has 2 amide bonds. The Morgan fingerprint density at radius 2 is 1.61 bits per heavy atom. The molecule has 1 aliphatic rings. The van der Waals surface area contributed by atoms with Gasteiger partial charge in [0.25, 0.3) is 11.8 Å². The van der Waals surface area contributed by atoms with E-state index in [1.165, 1.54) is 0 Å². The Morgan fingerprint density at radius 3 is 2.32 bits per heavy atom. The van der Waals surface area contributed by atoms with Gasteiger partial charge in [-0.25, -0.2) is 0 Å². The smallest absolute Gasteiger partial charge is 0.256 e. The number of hydrogen-bond donors (Lipinski definition) is 1. The molecule has 0 aliphatic carbocycles. The molecule has 1 aliphatic heterocycles. The van der Waals surface area contributed by atoms with Crippen molar-refractivity contribution >= 4 is 34.0 Å². The lowest BCUT2D eigenvalue weighted by molar-refractivity contribution is 0.0773. The summed E-state index contributed by atoms with van der Waals surface area (Å²) in [5.74, 6) is -0.172. The number of carbonyl (C=O) groups is 2. The van der Waals surface area contributed by atoms with Gasteiger partial charge in [-0.2, -0.15) is 0 Å². The first kappa shape index (κ1) is 20.9. The molecule has 5 nitrogen and oxygen atoms in total. The van der Waals surface area contributed by atoms with Gasteiger partial charge >= 0.3 is 0 Å². The maximum Gasteiger partial charge on any atom is 0.256 e. The molecule has 1 heterocycles. The second kappa shape index (κ2) is 9.21. The average molecular weight is 416 g/mol. The molecule has 31 heavy (non-hydrogen) atoms. The van der Waals surface area contributed by atoms with Crippen LogP contribution in [-0.4, -0.2) is 42.9 Å². The van der Waals surface area contributed by atoms with Crippen LogP contribution in [0.25, 0.3) is 10.8 Å². The molecule has 3 aromatic rings. The van der Waals surface area contributed by atoms with E-state index in [1.54, 1.807) is 0 Å². The van der Waals surface area contributed by atoms with Gasteiger partial charge in [0.15, 0.2) is 0 Å². The Morgan fingerprint density at radius 1 is 0.903 bits per heavy atom. The lowest BCUT2D eigenvalue weighted by Gasteiger charge is -2.25. The normalized spacial score (nSPS) is 13.4. The van der Waals surface area contributed by atoms with Gasteiger partial charge in [-0.05, 0) is 67.8 Å². The largest absolute Gasteiger partial charge is 0.371 e. The molecule has 1 fully saturated rings. The summed E-state index contributed by atoms with van der Waals surface area (Å²) in [6, 6.07) is 19.3. The summed E-state index contributed by atoms with van der Waals surface area (Å²) in [5, 5.41) is 5.11. The third kappa shape index (κ3) is 4.41. The third-order valence-corrected chi connectivity index (χ3v) is 5.99. The van der Waals surface area contributed by atoms with Crippen molar-refractivity contribution in [2.24, 2.45) is 0 Å². The molecule has 3 aromatic carbocycles. The zero-order valence-electron chi connectivity index (χ0n) is 18.2. The van der Waals surface area contributed by atoms with E-state index in [0.29, 0.717) is 29.9 Å². The highest BCUT2D eigenvalue weighted by Crippen LogP contribution is 2.29. The van der Waals surface area contributed by atoms with Gasteiger partial charge < -0.3 is 15.1 Å². The number of anilines is 2. The second-order valence-electron chi connectivity index (χ2n) is 7.92. The number of rotatable bonds is 6. The second-order valence-corrected chi connectivity index (χ2v) is 7.92. The molecule has 0 bridgehead atoms. The molecule has 0 spiro atoms. The van der Waals surface area contributed by atoms with E-state index in [4.69, 9.17) is 0 Å². The van der Waals surface area contributed by atoms with Crippen LogP contribution in [0.5, 0.6) is 0 Å². The zero-order valence-corrected chi connectivity index (χ0v) is 18.2. The van der Waals surface area contributed by atoms with Crippen LogP contribution in [0.4, 0.5) is 11.4 Å². The molecular formula is C26H29N3O2. The Labute approximate surface area is 183 Å². The van der Waals surface area contributed by atoms with Crippen LogP contribution < -0.4 is 10.2 Å². The van der Waals surface area contributed by atoms with Gasteiger partial charge in [0.1, 0.15) is 0 Å². The first-order valence-corrected chi connectivity index (χ1v) is 11.1. The van der Waals surface area contributed by atoms with Crippen molar-refractivity contribution in [2.45, 2.75) is 26.7 Å². The Bertz CT molecular complexity index is 1100. The minimum absolute atomic E-state index is 0.00806. The van der Waals surface area contributed by atoms with E-state index >= 15 is 0 Å². The molecular weight excluding hydrogens is 386 g/mol. The van der Waals surface area contributed by atoms with Gasteiger partial charge in [0.2, 0.25) is 0 Å². The summed E-state index contributed by atoms with van der Waals surface area (Å²) in [6.45, 7) is 7.21. The summed E-state index contributed by atoms with van der Waals surface area (Å²) in [5.41, 5.74) is 2.84. The van der Waals surface area contributed by atoms with Gasteiger partial charge in [-0.3, -0.25) is 9.59 Å². The number of benzene rings is 3.